The maximum atomic E-state index is 12.6. The molecule has 2 N–H and O–H groups in total. The fourth-order valence-electron chi connectivity index (χ4n) is 2.22. The van der Waals surface area contributed by atoms with Crippen molar-refractivity contribution in [1.82, 2.24) is 0 Å². The molecule has 0 saturated carbocycles. The monoisotopic (exact) mass is 297 g/mol. The second-order valence-electron chi connectivity index (χ2n) is 4.98. The number of carbonyl (C=O) groups is 2. The predicted molar refractivity (Wildman–Crippen MR) is 85.5 cm³/mol. The van der Waals surface area contributed by atoms with Crippen LogP contribution in [-0.2, 0) is 16.0 Å². The third kappa shape index (κ3) is 3.95. The Morgan fingerprint density at radius 1 is 1.05 bits per heavy atom. The molecule has 0 aliphatic rings. The number of rotatable bonds is 6. The highest BCUT2D eigenvalue weighted by Crippen LogP contribution is 2.18. The Hall–Kier alpha value is -2.62. The molecule has 4 nitrogen and oxygen atoms in total. The summed E-state index contributed by atoms with van der Waals surface area (Å²) in [5.74, 6) is -1.58. The molecule has 1 unspecified atom stereocenters. The molecule has 1 atom stereocenters. The van der Waals surface area contributed by atoms with E-state index in [1.54, 1.807) is 31.2 Å². The van der Waals surface area contributed by atoms with Gasteiger partial charge in [0.15, 0.2) is 5.78 Å². The van der Waals surface area contributed by atoms with E-state index in [9.17, 15) is 9.59 Å². The zero-order valence-corrected chi connectivity index (χ0v) is 12.5. The van der Waals surface area contributed by atoms with Gasteiger partial charge in [0.25, 0.3) is 0 Å². The van der Waals surface area contributed by atoms with E-state index in [4.69, 9.17) is 10.5 Å². The Morgan fingerprint density at radius 3 is 2.27 bits per heavy atom. The lowest BCUT2D eigenvalue weighted by atomic mass is 9.91. The van der Waals surface area contributed by atoms with Gasteiger partial charge in [-0.1, -0.05) is 30.3 Å². The Bertz CT molecular complexity index is 635. The summed E-state index contributed by atoms with van der Waals surface area (Å²) in [6.07, 6.45) is 0.322. The fourth-order valence-corrected chi connectivity index (χ4v) is 2.22. The first kappa shape index (κ1) is 15.8. The van der Waals surface area contributed by atoms with E-state index in [1.807, 2.05) is 30.3 Å². The first-order chi connectivity index (χ1) is 10.6. The molecule has 2 aromatic carbocycles. The average Bonchev–Trinajstić information content (AvgIpc) is 2.54. The van der Waals surface area contributed by atoms with Gasteiger partial charge in [-0.15, -0.1) is 0 Å². The molecule has 2 aromatic rings. The van der Waals surface area contributed by atoms with E-state index in [-0.39, 0.29) is 12.4 Å². The first-order valence-corrected chi connectivity index (χ1v) is 7.22. The van der Waals surface area contributed by atoms with E-state index in [0.717, 1.165) is 5.56 Å². The normalized spacial score (nSPS) is 11.7. The number of benzene rings is 2. The summed E-state index contributed by atoms with van der Waals surface area (Å²) in [4.78, 5) is 24.8. The molecule has 4 heteroatoms. The number of nitrogen functional groups attached to an aromatic ring is 1. The smallest absolute Gasteiger partial charge is 0.317 e. The van der Waals surface area contributed by atoms with Gasteiger partial charge in [0, 0.05) is 11.3 Å². The largest absolute Gasteiger partial charge is 0.465 e. The molecule has 2 rings (SSSR count). The number of Topliss-reactive ketones (excluding diaryl/α,β-unsaturated/α-hetero) is 1. The highest BCUT2D eigenvalue weighted by Gasteiger charge is 2.29. The zero-order chi connectivity index (χ0) is 15.9. The maximum Gasteiger partial charge on any atom is 0.317 e. The van der Waals surface area contributed by atoms with Crippen LogP contribution in [0.25, 0.3) is 0 Å². The van der Waals surface area contributed by atoms with Gasteiger partial charge in [-0.3, -0.25) is 9.59 Å². The molecular weight excluding hydrogens is 278 g/mol. The second kappa shape index (κ2) is 7.41. The second-order valence-corrected chi connectivity index (χ2v) is 4.98. The van der Waals surface area contributed by atoms with Crippen LogP contribution in [-0.4, -0.2) is 18.4 Å². The van der Waals surface area contributed by atoms with Crippen LogP contribution in [0.4, 0.5) is 5.69 Å². The van der Waals surface area contributed by atoms with Crippen molar-refractivity contribution in [2.24, 2.45) is 5.92 Å². The number of hydrogen-bond acceptors (Lipinski definition) is 4. The Labute approximate surface area is 129 Å². The third-order valence-corrected chi connectivity index (χ3v) is 3.37. The van der Waals surface area contributed by atoms with Crippen molar-refractivity contribution in [3.63, 3.8) is 0 Å². The number of hydrogen-bond donors (Lipinski definition) is 1. The molecule has 0 aliphatic carbocycles. The standard InChI is InChI=1S/C18H19NO3/c1-2-22-18(21)16(12-13-6-4-3-5-7-13)17(20)14-8-10-15(19)11-9-14/h3-11,16H,2,12,19H2,1H3. The van der Waals surface area contributed by atoms with Crippen LogP contribution < -0.4 is 5.73 Å². The van der Waals surface area contributed by atoms with Crippen LogP contribution in [0.15, 0.2) is 54.6 Å². The average molecular weight is 297 g/mol. The summed E-state index contributed by atoms with van der Waals surface area (Å²) in [6.45, 7) is 1.98. The summed E-state index contributed by atoms with van der Waals surface area (Å²) < 4.78 is 5.06. The van der Waals surface area contributed by atoms with Crippen molar-refractivity contribution in [3.05, 3.63) is 65.7 Å². The Balaban J connectivity index is 2.25. The Morgan fingerprint density at radius 2 is 1.68 bits per heavy atom. The fraction of sp³-hybridized carbons (Fsp3) is 0.222. The molecule has 0 saturated heterocycles. The van der Waals surface area contributed by atoms with Crippen LogP contribution in [0.1, 0.15) is 22.8 Å². The lowest BCUT2D eigenvalue weighted by Gasteiger charge is -2.15. The first-order valence-electron chi connectivity index (χ1n) is 7.22. The van der Waals surface area contributed by atoms with Gasteiger partial charge in [0.2, 0.25) is 0 Å². The lowest BCUT2D eigenvalue weighted by molar-refractivity contribution is -0.146. The number of anilines is 1. The van der Waals surface area contributed by atoms with E-state index in [1.165, 1.54) is 0 Å². The van der Waals surface area contributed by atoms with Crippen molar-refractivity contribution in [1.29, 1.82) is 0 Å². The van der Waals surface area contributed by atoms with Gasteiger partial charge in [-0.25, -0.2) is 0 Å². The summed E-state index contributed by atoms with van der Waals surface area (Å²) in [5, 5.41) is 0. The van der Waals surface area contributed by atoms with Crippen molar-refractivity contribution >= 4 is 17.4 Å². The molecule has 22 heavy (non-hydrogen) atoms. The molecule has 114 valence electrons. The van der Waals surface area contributed by atoms with E-state index in [2.05, 4.69) is 0 Å². The SMILES string of the molecule is CCOC(=O)C(Cc1ccccc1)C(=O)c1ccc(N)cc1. The quantitative estimate of drug-likeness (QED) is 0.385. The number of ether oxygens (including phenoxy) is 1. The number of nitrogens with two attached hydrogens (primary N) is 1. The molecule has 0 aliphatic heterocycles. The van der Waals surface area contributed by atoms with Crippen LogP contribution >= 0.6 is 0 Å². The van der Waals surface area contributed by atoms with Crippen molar-refractivity contribution < 1.29 is 14.3 Å². The predicted octanol–water partition coefficient (Wildman–Crippen LogP) is 2.87. The Kier molecular flexibility index (Phi) is 5.31. The number of carbonyl (C=O) groups excluding carboxylic acids is 2. The molecular formula is C18H19NO3. The minimum absolute atomic E-state index is 0.248. The van der Waals surface area contributed by atoms with Gasteiger partial charge < -0.3 is 10.5 Å². The maximum absolute atomic E-state index is 12.6. The zero-order valence-electron chi connectivity index (χ0n) is 12.5. The summed E-state index contributed by atoms with van der Waals surface area (Å²) >= 11 is 0. The number of esters is 1. The molecule has 0 amide bonds. The van der Waals surface area contributed by atoms with Crippen LogP contribution in [0, 0.1) is 5.92 Å². The molecule has 0 fully saturated rings. The molecule has 0 aromatic heterocycles. The summed E-state index contributed by atoms with van der Waals surface area (Å²) in [7, 11) is 0. The highest BCUT2D eigenvalue weighted by atomic mass is 16.5. The van der Waals surface area contributed by atoms with E-state index < -0.39 is 11.9 Å². The molecule has 0 bridgehead atoms. The lowest BCUT2D eigenvalue weighted by Crippen LogP contribution is -2.28. The minimum Gasteiger partial charge on any atom is -0.465 e. The van der Waals surface area contributed by atoms with Gasteiger partial charge in [-0.05, 0) is 43.2 Å². The summed E-state index contributed by atoms with van der Waals surface area (Å²) in [6, 6.07) is 16.0. The summed E-state index contributed by atoms with van der Waals surface area (Å²) in [5.41, 5.74) is 7.59. The number of ketones is 1. The topological polar surface area (TPSA) is 69.4 Å². The molecule has 0 radical (unpaired) electrons. The van der Waals surface area contributed by atoms with E-state index >= 15 is 0 Å². The van der Waals surface area contributed by atoms with Gasteiger partial charge >= 0.3 is 5.97 Å². The van der Waals surface area contributed by atoms with Crippen molar-refractivity contribution in [2.75, 3.05) is 12.3 Å². The van der Waals surface area contributed by atoms with Crippen LogP contribution in [0.5, 0.6) is 0 Å². The van der Waals surface area contributed by atoms with Gasteiger partial charge in [0.1, 0.15) is 5.92 Å². The molecule has 0 heterocycles. The highest BCUT2D eigenvalue weighted by molar-refractivity contribution is 6.08. The van der Waals surface area contributed by atoms with Gasteiger partial charge in [-0.2, -0.15) is 0 Å². The minimum atomic E-state index is -0.842. The van der Waals surface area contributed by atoms with E-state index in [0.29, 0.717) is 17.7 Å². The van der Waals surface area contributed by atoms with Crippen LogP contribution in [0.3, 0.4) is 0 Å². The third-order valence-electron chi connectivity index (χ3n) is 3.37. The van der Waals surface area contributed by atoms with Crippen LogP contribution in [0.2, 0.25) is 0 Å². The van der Waals surface area contributed by atoms with Gasteiger partial charge in [0.05, 0.1) is 6.61 Å². The van der Waals surface area contributed by atoms with Crippen molar-refractivity contribution in [3.8, 4) is 0 Å². The van der Waals surface area contributed by atoms with Crippen molar-refractivity contribution in [2.45, 2.75) is 13.3 Å². The molecule has 0 spiro atoms.